The van der Waals surface area contributed by atoms with Crippen molar-refractivity contribution in [2.45, 2.75) is 6.61 Å². The number of carbonyl (C=O) groups is 1. The van der Waals surface area contributed by atoms with Crippen molar-refractivity contribution in [2.24, 2.45) is 0 Å². The lowest BCUT2D eigenvalue weighted by Crippen LogP contribution is -2.03. The molecule has 0 saturated heterocycles. The van der Waals surface area contributed by atoms with Crippen LogP contribution in [0.4, 0.5) is 10.1 Å². The quantitative estimate of drug-likeness (QED) is 0.830. The van der Waals surface area contributed by atoms with E-state index in [1.54, 1.807) is 12.1 Å². The molecule has 0 aliphatic carbocycles. The zero-order chi connectivity index (χ0) is 13.8. The normalized spacial score (nSPS) is 10.2. The Morgan fingerprint density at radius 2 is 2.05 bits per heavy atom. The SMILES string of the molecule is Nc1cc(OCc2cccc(F)c2)ccc1C(=O)O. The number of rotatable bonds is 4. The summed E-state index contributed by atoms with van der Waals surface area (Å²) in [5.74, 6) is -0.984. The highest BCUT2D eigenvalue weighted by atomic mass is 19.1. The third kappa shape index (κ3) is 3.22. The summed E-state index contributed by atoms with van der Waals surface area (Å²) >= 11 is 0. The number of aromatic carboxylic acids is 1. The van der Waals surface area contributed by atoms with Crippen LogP contribution in [0.25, 0.3) is 0 Å². The van der Waals surface area contributed by atoms with Gasteiger partial charge in [0.15, 0.2) is 0 Å². The van der Waals surface area contributed by atoms with Gasteiger partial charge < -0.3 is 15.6 Å². The maximum absolute atomic E-state index is 13.0. The van der Waals surface area contributed by atoms with Gasteiger partial charge in [-0.05, 0) is 29.8 Å². The lowest BCUT2D eigenvalue weighted by atomic mass is 10.2. The summed E-state index contributed by atoms with van der Waals surface area (Å²) in [6.45, 7) is 0.184. The largest absolute Gasteiger partial charge is 0.489 e. The fraction of sp³-hybridized carbons (Fsp3) is 0.0714. The molecule has 2 aromatic carbocycles. The highest BCUT2D eigenvalue weighted by molar-refractivity contribution is 5.93. The molecular formula is C14H12FNO3. The summed E-state index contributed by atoms with van der Waals surface area (Å²) < 4.78 is 18.4. The van der Waals surface area contributed by atoms with E-state index < -0.39 is 5.97 Å². The highest BCUT2D eigenvalue weighted by Gasteiger charge is 2.08. The first-order valence-electron chi connectivity index (χ1n) is 5.56. The number of nitrogens with two attached hydrogens (primary N) is 1. The van der Waals surface area contributed by atoms with Crippen LogP contribution in [0.1, 0.15) is 15.9 Å². The van der Waals surface area contributed by atoms with E-state index in [4.69, 9.17) is 15.6 Å². The number of nitrogen functional groups attached to an aromatic ring is 1. The van der Waals surface area contributed by atoms with E-state index in [0.717, 1.165) is 0 Å². The van der Waals surface area contributed by atoms with E-state index >= 15 is 0 Å². The molecule has 0 saturated carbocycles. The molecule has 0 fully saturated rings. The molecule has 5 heteroatoms. The highest BCUT2D eigenvalue weighted by Crippen LogP contribution is 2.21. The summed E-state index contributed by atoms with van der Waals surface area (Å²) in [6.07, 6.45) is 0. The van der Waals surface area contributed by atoms with Gasteiger partial charge in [-0.2, -0.15) is 0 Å². The Labute approximate surface area is 109 Å². The standard InChI is InChI=1S/C14H12FNO3/c15-10-3-1-2-9(6-10)8-19-11-4-5-12(14(17)18)13(16)7-11/h1-7H,8,16H2,(H,17,18). The molecule has 0 unspecified atom stereocenters. The maximum Gasteiger partial charge on any atom is 0.337 e. The fourth-order valence-corrected chi connectivity index (χ4v) is 1.62. The zero-order valence-electron chi connectivity index (χ0n) is 9.97. The van der Waals surface area contributed by atoms with Gasteiger partial charge in [-0.1, -0.05) is 12.1 Å². The van der Waals surface area contributed by atoms with Crippen LogP contribution in [-0.2, 0) is 6.61 Å². The molecule has 0 heterocycles. The Hall–Kier alpha value is -2.56. The predicted molar refractivity (Wildman–Crippen MR) is 68.5 cm³/mol. The molecule has 0 aromatic heterocycles. The Morgan fingerprint density at radius 1 is 1.26 bits per heavy atom. The predicted octanol–water partition coefficient (Wildman–Crippen LogP) is 2.69. The minimum Gasteiger partial charge on any atom is -0.489 e. The number of hydrogen-bond acceptors (Lipinski definition) is 3. The molecule has 3 N–H and O–H groups in total. The van der Waals surface area contributed by atoms with Crippen molar-refractivity contribution in [1.82, 2.24) is 0 Å². The zero-order valence-corrected chi connectivity index (χ0v) is 9.97. The number of benzene rings is 2. The van der Waals surface area contributed by atoms with E-state index in [1.807, 2.05) is 0 Å². The van der Waals surface area contributed by atoms with Gasteiger partial charge in [-0.3, -0.25) is 0 Å². The first-order chi connectivity index (χ1) is 9.06. The summed E-state index contributed by atoms with van der Waals surface area (Å²) in [5, 5.41) is 8.83. The minimum absolute atomic E-state index is 0.0260. The van der Waals surface area contributed by atoms with Crippen molar-refractivity contribution in [3.8, 4) is 5.75 Å². The van der Waals surface area contributed by atoms with Gasteiger partial charge in [0.1, 0.15) is 18.2 Å². The van der Waals surface area contributed by atoms with Gasteiger partial charge in [0, 0.05) is 11.8 Å². The summed E-state index contributed by atoms with van der Waals surface area (Å²) in [4.78, 5) is 10.8. The number of halogens is 1. The average molecular weight is 261 g/mol. The average Bonchev–Trinajstić information content (AvgIpc) is 2.36. The van der Waals surface area contributed by atoms with Crippen molar-refractivity contribution < 1.29 is 19.0 Å². The molecule has 0 spiro atoms. The molecule has 4 nitrogen and oxygen atoms in total. The molecule has 0 atom stereocenters. The second-order valence-electron chi connectivity index (χ2n) is 3.97. The van der Waals surface area contributed by atoms with Gasteiger partial charge in [-0.25, -0.2) is 9.18 Å². The first-order valence-corrected chi connectivity index (χ1v) is 5.56. The molecule has 0 aliphatic rings. The minimum atomic E-state index is -1.09. The van der Waals surface area contributed by atoms with Crippen LogP contribution in [0.15, 0.2) is 42.5 Å². The van der Waals surface area contributed by atoms with Crippen LogP contribution in [0.5, 0.6) is 5.75 Å². The van der Waals surface area contributed by atoms with Crippen LogP contribution >= 0.6 is 0 Å². The molecule has 2 aromatic rings. The van der Waals surface area contributed by atoms with Gasteiger partial charge in [0.25, 0.3) is 0 Å². The number of anilines is 1. The van der Waals surface area contributed by atoms with Crippen molar-refractivity contribution in [3.63, 3.8) is 0 Å². The molecule has 2 rings (SSSR count). The molecule has 0 amide bonds. The summed E-state index contributed by atoms with van der Waals surface area (Å²) in [6, 6.07) is 10.4. The molecule has 98 valence electrons. The smallest absolute Gasteiger partial charge is 0.337 e. The van der Waals surface area contributed by atoms with E-state index in [1.165, 1.54) is 30.3 Å². The van der Waals surface area contributed by atoms with Crippen molar-refractivity contribution in [1.29, 1.82) is 0 Å². The second-order valence-corrected chi connectivity index (χ2v) is 3.97. The number of carboxylic acids is 1. The van der Waals surface area contributed by atoms with E-state index in [0.29, 0.717) is 11.3 Å². The van der Waals surface area contributed by atoms with Gasteiger partial charge in [-0.15, -0.1) is 0 Å². The van der Waals surface area contributed by atoms with Crippen LogP contribution in [0.3, 0.4) is 0 Å². The van der Waals surface area contributed by atoms with E-state index in [9.17, 15) is 9.18 Å². The van der Waals surface area contributed by atoms with E-state index in [2.05, 4.69) is 0 Å². The monoisotopic (exact) mass is 261 g/mol. The lowest BCUT2D eigenvalue weighted by molar-refractivity contribution is 0.0698. The lowest BCUT2D eigenvalue weighted by Gasteiger charge is -2.08. The third-order valence-electron chi connectivity index (χ3n) is 2.55. The fourth-order valence-electron chi connectivity index (χ4n) is 1.62. The molecule has 0 aliphatic heterocycles. The second kappa shape index (κ2) is 5.39. The molecule has 0 bridgehead atoms. The van der Waals surface area contributed by atoms with Crippen LogP contribution in [0.2, 0.25) is 0 Å². The van der Waals surface area contributed by atoms with E-state index in [-0.39, 0.29) is 23.7 Å². The molecular weight excluding hydrogens is 249 g/mol. The van der Waals surface area contributed by atoms with Crippen molar-refractivity contribution in [2.75, 3.05) is 5.73 Å². The van der Waals surface area contributed by atoms with Crippen molar-refractivity contribution in [3.05, 3.63) is 59.4 Å². The Kier molecular flexibility index (Phi) is 3.66. The topological polar surface area (TPSA) is 72.5 Å². The Bertz CT molecular complexity index is 613. The van der Waals surface area contributed by atoms with Gasteiger partial charge >= 0.3 is 5.97 Å². The summed E-state index contributed by atoms with van der Waals surface area (Å²) in [5.41, 5.74) is 6.43. The van der Waals surface area contributed by atoms with Gasteiger partial charge in [0.05, 0.1) is 5.56 Å². The third-order valence-corrected chi connectivity index (χ3v) is 2.55. The maximum atomic E-state index is 13.0. The van der Waals surface area contributed by atoms with Crippen LogP contribution in [0, 0.1) is 5.82 Å². The van der Waals surface area contributed by atoms with Crippen LogP contribution in [-0.4, -0.2) is 11.1 Å². The number of carboxylic acid groups (broad SMARTS) is 1. The van der Waals surface area contributed by atoms with Crippen molar-refractivity contribution >= 4 is 11.7 Å². The first kappa shape index (κ1) is 12.9. The molecule has 19 heavy (non-hydrogen) atoms. The van der Waals surface area contributed by atoms with Gasteiger partial charge in [0.2, 0.25) is 0 Å². The summed E-state index contributed by atoms with van der Waals surface area (Å²) in [7, 11) is 0. The number of hydrogen-bond donors (Lipinski definition) is 2. The Balaban J connectivity index is 2.08. The Morgan fingerprint density at radius 3 is 2.68 bits per heavy atom. The van der Waals surface area contributed by atoms with Crippen LogP contribution < -0.4 is 10.5 Å². The molecule has 0 radical (unpaired) electrons. The number of ether oxygens (including phenoxy) is 1.